The molecule has 0 radical (unpaired) electrons. The van der Waals surface area contributed by atoms with Gasteiger partial charge in [0.2, 0.25) is 0 Å². The number of hydrogen-bond acceptors (Lipinski definition) is 4. The van der Waals surface area contributed by atoms with Crippen LogP contribution in [0.2, 0.25) is 0 Å². The van der Waals surface area contributed by atoms with Gasteiger partial charge in [-0.1, -0.05) is 0 Å². The molecule has 2 N–H and O–H groups in total. The first kappa shape index (κ1) is 12.7. The van der Waals surface area contributed by atoms with Crippen molar-refractivity contribution in [3.05, 3.63) is 38.8 Å². The standard InChI is InChI=1S/C11H11BrN2OS2/c1-7-5-16-11(14-7)6-17(15)10-3-2-8(13)4-9(10)12/h2-5H,6,13H2,1H3. The molecule has 0 amide bonds. The molecule has 1 unspecified atom stereocenters. The molecule has 1 aromatic heterocycles. The Morgan fingerprint density at radius 3 is 2.88 bits per heavy atom. The van der Waals surface area contributed by atoms with E-state index in [1.165, 1.54) is 11.3 Å². The van der Waals surface area contributed by atoms with E-state index >= 15 is 0 Å². The summed E-state index contributed by atoms with van der Waals surface area (Å²) in [5.74, 6) is 0.445. The van der Waals surface area contributed by atoms with E-state index in [2.05, 4.69) is 20.9 Å². The Bertz CT molecular complexity index is 568. The van der Waals surface area contributed by atoms with E-state index in [0.29, 0.717) is 11.4 Å². The van der Waals surface area contributed by atoms with Gasteiger partial charge in [-0.3, -0.25) is 4.21 Å². The van der Waals surface area contributed by atoms with Gasteiger partial charge in [-0.15, -0.1) is 11.3 Å². The average Bonchev–Trinajstić information content (AvgIpc) is 2.63. The van der Waals surface area contributed by atoms with Crippen LogP contribution in [0.15, 0.2) is 32.9 Å². The van der Waals surface area contributed by atoms with Crippen LogP contribution in [0.5, 0.6) is 0 Å². The first-order chi connectivity index (χ1) is 8.06. The zero-order valence-electron chi connectivity index (χ0n) is 9.14. The quantitative estimate of drug-likeness (QED) is 0.880. The number of nitrogens with two attached hydrogens (primary N) is 1. The van der Waals surface area contributed by atoms with Crippen molar-refractivity contribution in [1.82, 2.24) is 4.98 Å². The number of benzene rings is 1. The van der Waals surface area contributed by atoms with E-state index in [-0.39, 0.29) is 0 Å². The van der Waals surface area contributed by atoms with Gasteiger partial charge in [-0.2, -0.15) is 0 Å². The molecular weight excluding hydrogens is 320 g/mol. The Hall–Kier alpha value is -0.720. The number of halogens is 1. The first-order valence-electron chi connectivity index (χ1n) is 4.90. The normalized spacial score (nSPS) is 12.6. The smallest absolute Gasteiger partial charge is 0.106 e. The minimum Gasteiger partial charge on any atom is -0.399 e. The third-order valence-electron chi connectivity index (χ3n) is 2.12. The van der Waals surface area contributed by atoms with Crippen molar-refractivity contribution in [2.24, 2.45) is 0 Å². The molecule has 0 aliphatic carbocycles. The van der Waals surface area contributed by atoms with E-state index in [0.717, 1.165) is 20.1 Å². The topological polar surface area (TPSA) is 56.0 Å². The number of aryl methyl sites for hydroxylation is 1. The molecule has 2 aromatic rings. The van der Waals surface area contributed by atoms with E-state index in [1.807, 2.05) is 12.3 Å². The molecule has 0 aliphatic heterocycles. The fourth-order valence-electron chi connectivity index (χ4n) is 1.36. The second-order valence-electron chi connectivity index (χ2n) is 3.56. The second kappa shape index (κ2) is 5.29. The summed E-state index contributed by atoms with van der Waals surface area (Å²) in [5, 5.41) is 2.86. The first-order valence-corrected chi connectivity index (χ1v) is 7.90. The number of hydrogen-bond donors (Lipinski definition) is 1. The molecule has 0 aliphatic rings. The van der Waals surface area contributed by atoms with E-state index in [9.17, 15) is 4.21 Å². The number of aromatic nitrogens is 1. The number of thiazole rings is 1. The molecule has 90 valence electrons. The molecular formula is C11H11BrN2OS2. The van der Waals surface area contributed by atoms with Gasteiger partial charge in [0.1, 0.15) is 5.01 Å². The maximum atomic E-state index is 12.2. The Balaban J connectivity index is 2.20. The summed E-state index contributed by atoms with van der Waals surface area (Å²) in [6.07, 6.45) is 0. The van der Waals surface area contributed by atoms with Crippen LogP contribution in [0.25, 0.3) is 0 Å². The van der Waals surface area contributed by atoms with Crippen LogP contribution in [0.1, 0.15) is 10.7 Å². The Kier molecular flexibility index (Phi) is 3.96. The van der Waals surface area contributed by atoms with Crippen LogP contribution in [0, 0.1) is 6.92 Å². The summed E-state index contributed by atoms with van der Waals surface area (Å²) < 4.78 is 12.9. The summed E-state index contributed by atoms with van der Waals surface area (Å²) in [4.78, 5) is 5.07. The van der Waals surface area contributed by atoms with Gasteiger partial charge in [0, 0.05) is 21.2 Å². The molecule has 1 heterocycles. The average molecular weight is 331 g/mol. The molecule has 3 nitrogen and oxygen atoms in total. The van der Waals surface area contributed by atoms with Gasteiger partial charge in [-0.05, 0) is 41.1 Å². The molecule has 0 bridgehead atoms. The lowest BCUT2D eigenvalue weighted by Crippen LogP contribution is -1.98. The lowest BCUT2D eigenvalue weighted by atomic mass is 10.3. The highest BCUT2D eigenvalue weighted by molar-refractivity contribution is 9.10. The summed E-state index contributed by atoms with van der Waals surface area (Å²) in [5.41, 5.74) is 7.27. The fourth-order valence-corrected chi connectivity index (χ4v) is 4.39. The van der Waals surface area contributed by atoms with Crippen LogP contribution >= 0.6 is 27.3 Å². The van der Waals surface area contributed by atoms with E-state index < -0.39 is 10.8 Å². The highest BCUT2D eigenvalue weighted by atomic mass is 79.9. The molecule has 0 saturated carbocycles. The zero-order chi connectivity index (χ0) is 12.4. The van der Waals surface area contributed by atoms with Crippen molar-refractivity contribution in [3.8, 4) is 0 Å². The maximum absolute atomic E-state index is 12.2. The third kappa shape index (κ3) is 3.14. The van der Waals surface area contributed by atoms with Crippen LogP contribution in [-0.4, -0.2) is 9.19 Å². The number of anilines is 1. The van der Waals surface area contributed by atoms with Gasteiger partial charge in [0.05, 0.1) is 21.4 Å². The Morgan fingerprint density at radius 1 is 1.53 bits per heavy atom. The SMILES string of the molecule is Cc1csc(CS(=O)c2ccc(N)cc2Br)n1. The van der Waals surface area contributed by atoms with Crippen molar-refractivity contribution in [1.29, 1.82) is 0 Å². The largest absolute Gasteiger partial charge is 0.399 e. The van der Waals surface area contributed by atoms with Crippen molar-refractivity contribution in [3.63, 3.8) is 0 Å². The number of nitrogens with zero attached hydrogens (tertiary/aromatic N) is 1. The van der Waals surface area contributed by atoms with Crippen LogP contribution < -0.4 is 5.73 Å². The summed E-state index contributed by atoms with van der Waals surface area (Å²) >= 11 is 4.91. The van der Waals surface area contributed by atoms with Crippen molar-refractivity contribution >= 4 is 43.8 Å². The highest BCUT2D eigenvalue weighted by Crippen LogP contribution is 2.25. The molecule has 0 spiro atoms. The highest BCUT2D eigenvalue weighted by Gasteiger charge is 2.11. The Morgan fingerprint density at radius 2 is 2.29 bits per heavy atom. The summed E-state index contributed by atoms with van der Waals surface area (Å²) in [6.45, 7) is 1.93. The number of rotatable bonds is 3. The van der Waals surface area contributed by atoms with Crippen molar-refractivity contribution in [2.45, 2.75) is 17.6 Å². The molecule has 0 saturated heterocycles. The molecule has 17 heavy (non-hydrogen) atoms. The van der Waals surface area contributed by atoms with Gasteiger partial charge in [-0.25, -0.2) is 4.98 Å². The Labute approximate surface area is 115 Å². The molecule has 0 fully saturated rings. The van der Waals surface area contributed by atoms with Gasteiger partial charge >= 0.3 is 0 Å². The lowest BCUT2D eigenvalue weighted by molar-refractivity contribution is 0.682. The van der Waals surface area contributed by atoms with Crippen LogP contribution in [0.3, 0.4) is 0 Å². The van der Waals surface area contributed by atoms with Crippen LogP contribution in [0.4, 0.5) is 5.69 Å². The summed E-state index contributed by atoms with van der Waals surface area (Å²) in [6, 6.07) is 5.31. The van der Waals surface area contributed by atoms with E-state index in [4.69, 9.17) is 5.73 Å². The fraction of sp³-hybridized carbons (Fsp3) is 0.182. The second-order valence-corrected chi connectivity index (χ2v) is 6.78. The predicted octanol–water partition coefficient (Wildman–Crippen LogP) is 3.10. The lowest BCUT2D eigenvalue weighted by Gasteiger charge is -2.04. The van der Waals surface area contributed by atoms with Crippen molar-refractivity contribution < 1.29 is 4.21 Å². The maximum Gasteiger partial charge on any atom is 0.106 e. The zero-order valence-corrected chi connectivity index (χ0v) is 12.4. The van der Waals surface area contributed by atoms with Crippen molar-refractivity contribution in [2.75, 3.05) is 5.73 Å². The van der Waals surface area contributed by atoms with Crippen LogP contribution in [-0.2, 0) is 16.6 Å². The summed E-state index contributed by atoms with van der Waals surface area (Å²) in [7, 11) is -1.10. The molecule has 6 heteroatoms. The molecule has 2 rings (SSSR count). The van der Waals surface area contributed by atoms with Gasteiger partial charge in [0.25, 0.3) is 0 Å². The van der Waals surface area contributed by atoms with Gasteiger partial charge < -0.3 is 5.73 Å². The molecule has 1 atom stereocenters. The third-order valence-corrected chi connectivity index (χ3v) is 5.57. The minimum atomic E-state index is -1.10. The number of nitrogen functional groups attached to an aromatic ring is 1. The van der Waals surface area contributed by atoms with Gasteiger partial charge in [0.15, 0.2) is 0 Å². The minimum absolute atomic E-state index is 0.445. The van der Waals surface area contributed by atoms with E-state index in [1.54, 1.807) is 18.2 Å². The molecule has 1 aromatic carbocycles. The monoisotopic (exact) mass is 330 g/mol. The predicted molar refractivity (Wildman–Crippen MR) is 75.5 cm³/mol.